The summed E-state index contributed by atoms with van der Waals surface area (Å²) in [5.74, 6) is 0.214. The Labute approximate surface area is 157 Å². The van der Waals surface area contributed by atoms with Crippen molar-refractivity contribution in [1.29, 1.82) is 0 Å². The fraction of sp³-hybridized carbons (Fsp3) is 0.130. The van der Waals surface area contributed by atoms with E-state index in [2.05, 4.69) is 27.9 Å². The maximum Gasteiger partial charge on any atom is 0.141 e. The van der Waals surface area contributed by atoms with Crippen LogP contribution in [0.4, 0.5) is 0 Å². The molecule has 0 spiro atoms. The average molecular weight is 356 g/mol. The third-order valence-corrected chi connectivity index (χ3v) is 4.78. The number of aromatic nitrogens is 2. The molecule has 4 rings (SSSR count). The summed E-state index contributed by atoms with van der Waals surface area (Å²) >= 11 is 0. The molecule has 0 fully saturated rings. The van der Waals surface area contributed by atoms with Gasteiger partial charge < -0.3 is 9.67 Å². The van der Waals surface area contributed by atoms with Crippen LogP contribution in [-0.4, -0.2) is 20.4 Å². The molecule has 0 radical (unpaired) electrons. The molecular formula is C23H20N2O2. The predicted octanol–water partition coefficient (Wildman–Crippen LogP) is 4.30. The lowest BCUT2D eigenvalue weighted by atomic mass is 10.0. The summed E-state index contributed by atoms with van der Waals surface area (Å²) in [6, 6.07) is 19.1. The Bertz CT molecular complexity index is 1110. The topological polar surface area (TPSA) is 55.1 Å². The number of phenolic OH excluding ortho intramolecular Hbond substituents is 1. The van der Waals surface area contributed by atoms with E-state index < -0.39 is 0 Å². The van der Waals surface area contributed by atoms with Gasteiger partial charge in [0.15, 0.2) is 0 Å². The molecule has 1 N–H and O–H groups in total. The van der Waals surface area contributed by atoms with Crippen molar-refractivity contribution in [3.63, 3.8) is 0 Å². The van der Waals surface area contributed by atoms with Gasteiger partial charge in [0.2, 0.25) is 0 Å². The Morgan fingerprint density at radius 1 is 1.00 bits per heavy atom. The molecule has 4 aromatic rings. The SMILES string of the molecule is Cn1cc(-c2ccc(CC(=O)Cc3ccccc3O)cn2)c2ccccc21. The van der Waals surface area contributed by atoms with E-state index in [1.165, 1.54) is 0 Å². The van der Waals surface area contributed by atoms with E-state index in [1.807, 2.05) is 37.4 Å². The van der Waals surface area contributed by atoms with Gasteiger partial charge in [0.25, 0.3) is 0 Å². The molecule has 4 nitrogen and oxygen atoms in total. The van der Waals surface area contributed by atoms with E-state index in [9.17, 15) is 9.90 Å². The number of nitrogens with zero attached hydrogens (tertiary/aromatic N) is 2. The highest BCUT2D eigenvalue weighted by Crippen LogP contribution is 2.28. The van der Waals surface area contributed by atoms with Crippen molar-refractivity contribution in [3.8, 4) is 17.0 Å². The Morgan fingerprint density at radius 2 is 1.78 bits per heavy atom. The van der Waals surface area contributed by atoms with Crippen LogP contribution in [-0.2, 0) is 24.7 Å². The quantitative estimate of drug-likeness (QED) is 0.580. The van der Waals surface area contributed by atoms with Gasteiger partial charge in [0, 0.05) is 54.3 Å². The monoisotopic (exact) mass is 356 g/mol. The first-order chi connectivity index (χ1) is 13.1. The molecule has 134 valence electrons. The van der Waals surface area contributed by atoms with Crippen molar-refractivity contribution in [2.45, 2.75) is 12.8 Å². The van der Waals surface area contributed by atoms with Crippen LogP contribution < -0.4 is 0 Å². The Balaban J connectivity index is 1.52. The molecule has 4 heteroatoms. The Morgan fingerprint density at radius 3 is 2.56 bits per heavy atom. The number of carbonyl (C=O) groups is 1. The average Bonchev–Trinajstić information content (AvgIpc) is 3.01. The highest BCUT2D eigenvalue weighted by molar-refractivity contribution is 5.95. The molecule has 0 atom stereocenters. The number of hydrogen-bond acceptors (Lipinski definition) is 3. The number of pyridine rings is 1. The van der Waals surface area contributed by atoms with Gasteiger partial charge in [-0.25, -0.2) is 0 Å². The second-order valence-corrected chi connectivity index (χ2v) is 6.74. The van der Waals surface area contributed by atoms with Gasteiger partial charge in [0.05, 0.1) is 5.69 Å². The molecule has 0 saturated carbocycles. The largest absolute Gasteiger partial charge is 0.508 e. The molecule has 27 heavy (non-hydrogen) atoms. The van der Waals surface area contributed by atoms with E-state index in [1.54, 1.807) is 24.4 Å². The summed E-state index contributed by atoms with van der Waals surface area (Å²) in [5, 5.41) is 11.0. The summed E-state index contributed by atoms with van der Waals surface area (Å²) in [6.07, 6.45) is 4.37. The molecule has 0 unspecified atom stereocenters. The normalized spacial score (nSPS) is 11.0. The first-order valence-electron chi connectivity index (χ1n) is 8.90. The van der Waals surface area contributed by atoms with Crippen LogP contribution in [0.2, 0.25) is 0 Å². The molecule has 0 amide bonds. The lowest BCUT2D eigenvalue weighted by Crippen LogP contribution is -2.07. The molecule has 0 bridgehead atoms. The third kappa shape index (κ3) is 3.47. The third-order valence-electron chi connectivity index (χ3n) is 4.78. The molecule has 0 aliphatic carbocycles. The van der Waals surface area contributed by atoms with Crippen LogP contribution in [0.5, 0.6) is 5.75 Å². The number of ketones is 1. The number of aromatic hydroxyl groups is 1. The van der Waals surface area contributed by atoms with Gasteiger partial charge >= 0.3 is 0 Å². The van der Waals surface area contributed by atoms with Crippen molar-refractivity contribution in [2.75, 3.05) is 0 Å². The standard InChI is InChI=1S/C23H20N2O2/c1-25-15-20(19-7-3-4-8-22(19)25)21-11-10-16(14-24-21)12-18(26)13-17-6-2-5-9-23(17)27/h2-11,14-15,27H,12-13H2,1H3. The van der Waals surface area contributed by atoms with E-state index in [0.29, 0.717) is 12.0 Å². The molecule has 2 aromatic carbocycles. The summed E-state index contributed by atoms with van der Waals surface area (Å²) in [7, 11) is 2.03. The number of Topliss-reactive ketones (excluding diaryl/α,β-unsaturated/α-hetero) is 1. The molecule has 0 aliphatic heterocycles. The zero-order valence-corrected chi connectivity index (χ0v) is 15.1. The number of rotatable bonds is 5. The number of hydrogen-bond donors (Lipinski definition) is 1. The van der Waals surface area contributed by atoms with Gasteiger partial charge in [0.1, 0.15) is 11.5 Å². The van der Waals surface area contributed by atoms with Crippen molar-refractivity contribution < 1.29 is 9.90 Å². The Hall–Kier alpha value is -3.40. The van der Waals surface area contributed by atoms with E-state index in [4.69, 9.17) is 0 Å². The van der Waals surface area contributed by atoms with Crippen LogP contribution in [0.1, 0.15) is 11.1 Å². The molecular weight excluding hydrogens is 336 g/mol. The van der Waals surface area contributed by atoms with Crippen molar-refractivity contribution in [2.24, 2.45) is 7.05 Å². The van der Waals surface area contributed by atoms with E-state index in [-0.39, 0.29) is 18.0 Å². The lowest BCUT2D eigenvalue weighted by molar-refractivity contribution is -0.117. The fourth-order valence-electron chi connectivity index (χ4n) is 3.40. The zero-order chi connectivity index (χ0) is 18.8. The second-order valence-electron chi connectivity index (χ2n) is 6.74. The predicted molar refractivity (Wildman–Crippen MR) is 107 cm³/mol. The molecule has 2 heterocycles. The van der Waals surface area contributed by atoms with Crippen LogP contribution in [0, 0.1) is 0 Å². The smallest absolute Gasteiger partial charge is 0.141 e. The number of aryl methyl sites for hydroxylation is 1. The second kappa shape index (κ2) is 7.08. The van der Waals surface area contributed by atoms with Gasteiger partial charge in [-0.3, -0.25) is 9.78 Å². The van der Waals surface area contributed by atoms with Crippen LogP contribution in [0.3, 0.4) is 0 Å². The Kier molecular flexibility index (Phi) is 4.47. The van der Waals surface area contributed by atoms with Crippen LogP contribution in [0.15, 0.2) is 73.1 Å². The van der Waals surface area contributed by atoms with Crippen molar-refractivity contribution in [3.05, 3.63) is 84.2 Å². The van der Waals surface area contributed by atoms with Gasteiger partial charge in [-0.2, -0.15) is 0 Å². The van der Waals surface area contributed by atoms with Gasteiger partial charge in [-0.05, 0) is 23.8 Å². The zero-order valence-electron chi connectivity index (χ0n) is 15.1. The summed E-state index contributed by atoms with van der Waals surface area (Å²) < 4.78 is 2.09. The number of fused-ring (bicyclic) bond motifs is 1. The van der Waals surface area contributed by atoms with Crippen LogP contribution >= 0.6 is 0 Å². The minimum atomic E-state index is 0.0520. The first-order valence-corrected chi connectivity index (χ1v) is 8.90. The van der Waals surface area contributed by atoms with Gasteiger partial charge in [-0.15, -0.1) is 0 Å². The molecule has 0 aliphatic rings. The highest BCUT2D eigenvalue weighted by Gasteiger charge is 2.11. The summed E-state index contributed by atoms with van der Waals surface area (Å²) in [4.78, 5) is 16.9. The van der Waals surface area contributed by atoms with Crippen molar-refractivity contribution >= 4 is 16.7 Å². The minimum Gasteiger partial charge on any atom is -0.508 e. The minimum absolute atomic E-state index is 0.0520. The van der Waals surface area contributed by atoms with E-state index >= 15 is 0 Å². The first kappa shape index (κ1) is 17.0. The molecule has 0 saturated heterocycles. The highest BCUT2D eigenvalue weighted by atomic mass is 16.3. The fourth-order valence-corrected chi connectivity index (χ4v) is 3.40. The maximum absolute atomic E-state index is 12.3. The molecule has 2 aromatic heterocycles. The number of carbonyl (C=O) groups excluding carboxylic acids is 1. The lowest BCUT2D eigenvalue weighted by Gasteiger charge is -2.05. The van der Waals surface area contributed by atoms with E-state index in [0.717, 1.165) is 27.7 Å². The summed E-state index contributed by atoms with van der Waals surface area (Å²) in [6.45, 7) is 0. The number of phenols is 1. The number of para-hydroxylation sites is 2. The number of benzene rings is 2. The maximum atomic E-state index is 12.3. The van der Waals surface area contributed by atoms with Crippen molar-refractivity contribution in [1.82, 2.24) is 9.55 Å². The van der Waals surface area contributed by atoms with Crippen LogP contribution in [0.25, 0.3) is 22.2 Å². The summed E-state index contributed by atoms with van der Waals surface area (Å²) in [5.41, 5.74) is 4.67. The van der Waals surface area contributed by atoms with Gasteiger partial charge in [-0.1, -0.05) is 42.5 Å².